The molecule has 3 heteroatoms. The lowest BCUT2D eigenvalue weighted by atomic mass is 9.91. The van der Waals surface area contributed by atoms with Gasteiger partial charge in [-0.05, 0) is 31.2 Å². The van der Waals surface area contributed by atoms with Crippen LogP contribution in [0.4, 0.5) is 0 Å². The molecule has 0 aromatic rings. The van der Waals surface area contributed by atoms with Crippen molar-refractivity contribution in [3.05, 3.63) is 0 Å². The smallest absolute Gasteiger partial charge is 0.0826 e. The van der Waals surface area contributed by atoms with Crippen molar-refractivity contribution in [2.45, 2.75) is 45.8 Å². The van der Waals surface area contributed by atoms with E-state index in [9.17, 15) is 0 Å². The fourth-order valence-corrected chi connectivity index (χ4v) is 3.44. The molecule has 2 aliphatic rings. The standard InChI is InChI=1S/C14H28N2O/c1-11-7-14(2,3)8-13(11)15-9-12-10-16(4)5-6-17-12/h11-13,15H,5-10H2,1-4H3/t11-,12+,13+/m1/s1. The van der Waals surface area contributed by atoms with Gasteiger partial charge in [0.15, 0.2) is 0 Å². The van der Waals surface area contributed by atoms with Gasteiger partial charge in [0.2, 0.25) is 0 Å². The van der Waals surface area contributed by atoms with E-state index in [1.54, 1.807) is 0 Å². The van der Waals surface area contributed by atoms with E-state index in [-0.39, 0.29) is 0 Å². The summed E-state index contributed by atoms with van der Waals surface area (Å²) < 4.78 is 5.79. The monoisotopic (exact) mass is 240 g/mol. The third-order valence-corrected chi connectivity index (χ3v) is 4.28. The molecule has 1 aliphatic carbocycles. The van der Waals surface area contributed by atoms with Gasteiger partial charge in [-0.1, -0.05) is 20.8 Å². The number of nitrogens with one attached hydrogen (secondary N) is 1. The van der Waals surface area contributed by atoms with E-state index < -0.39 is 0 Å². The number of likely N-dealkylation sites (N-methyl/N-ethyl adjacent to an activating group) is 1. The molecule has 1 heterocycles. The van der Waals surface area contributed by atoms with Crippen LogP contribution in [0.2, 0.25) is 0 Å². The van der Waals surface area contributed by atoms with Crippen molar-refractivity contribution in [3.63, 3.8) is 0 Å². The van der Waals surface area contributed by atoms with E-state index in [1.807, 2.05) is 0 Å². The van der Waals surface area contributed by atoms with Gasteiger partial charge < -0.3 is 15.0 Å². The minimum atomic E-state index is 0.379. The predicted octanol–water partition coefficient (Wildman–Crippen LogP) is 1.73. The van der Waals surface area contributed by atoms with E-state index in [0.29, 0.717) is 17.6 Å². The van der Waals surface area contributed by atoms with E-state index in [4.69, 9.17) is 4.74 Å². The van der Waals surface area contributed by atoms with E-state index in [0.717, 1.165) is 32.2 Å². The largest absolute Gasteiger partial charge is 0.374 e. The maximum atomic E-state index is 5.79. The average molecular weight is 240 g/mol. The SMILES string of the molecule is C[C@@H]1CC(C)(C)C[C@@H]1NC[C@H]1CN(C)CCO1. The highest BCUT2D eigenvalue weighted by molar-refractivity contribution is 4.91. The predicted molar refractivity (Wildman–Crippen MR) is 71.2 cm³/mol. The first-order chi connectivity index (χ1) is 7.96. The van der Waals surface area contributed by atoms with E-state index in [1.165, 1.54) is 12.8 Å². The Morgan fingerprint density at radius 1 is 1.35 bits per heavy atom. The Hall–Kier alpha value is -0.120. The summed E-state index contributed by atoms with van der Waals surface area (Å²) in [6.07, 6.45) is 3.02. The Morgan fingerprint density at radius 3 is 2.71 bits per heavy atom. The molecule has 0 spiro atoms. The topological polar surface area (TPSA) is 24.5 Å². The van der Waals surface area contributed by atoms with Crippen molar-refractivity contribution in [3.8, 4) is 0 Å². The van der Waals surface area contributed by atoms with Gasteiger partial charge in [-0.3, -0.25) is 0 Å². The molecule has 1 saturated carbocycles. The molecule has 1 saturated heterocycles. The first kappa shape index (κ1) is 13.3. The van der Waals surface area contributed by atoms with Crippen molar-refractivity contribution in [1.29, 1.82) is 0 Å². The molecule has 0 bridgehead atoms. The second-order valence-electron chi connectivity index (χ2n) is 6.82. The molecule has 0 amide bonds. The molecule has 0 unspecified atom stereocenters. The Balaban J connectivity index is 1.75. The molecule has 1 N–H and O–H groups in total. The lowest BCUT2D eigenvalue weighted by Crippen LogP contribution is -2.47. The lowest BCUT2D eigenvalue weighted by molar-refractivity contribution is -0.0197. The van der Waals surface area contributed by atoms with Gasteiger partial charge in [-0.15, -0.1) is 0 Å². The molecule has 3 atom stereocenters. The van der Waals surface area contributed by atoms with Gasteiger partial charge in [0.1, 0.15) is 0 Å². The maximum absolute atomic E-state index is 5.79. The highest BCUT2D eigenvalue weighted by Crippen LogP contribution is 2.40. The summed E-state index contributed by atoms with van der Waals surface area (Å²) in [5.41, 5.74) is 0.515. The first-order valence-electron chi connectivity index (χ1n) is 7.00. The van der Waals surface area contributed by atoms with Gasteiger partial charge in [0, 0.05) is 25.7 Å². The Kier molecular flexibility index (Phi) is 4.11. The number of hydrogen-bond donors (Lipinski definition) is 1. The fourth-order valence-electron chi connectivity index (χ4n) is 3.44. The number of morpholine rings is 1. The minimum absolute atomic E-state index is 0.379. The number of nitrogens with zero attached hydrogens (tertiary/aromatic N) is 1. The summed E-state index contributed by atoms with van der Waals surface area (Å²) in [7, 11) is 2.18. The summed E-state index contributed by atoms with van der Waals surface area (Å²) in [6.45, 7) is 11.2. The zero-order valence-corrected chi connectivity index (χ0v) is 11.8. The van der Waals surface area contributed by atoms with Crippen LogP contribution in [0.1, 0.15) is 33.6 Å². The average Bonchev–Trinajstić information content (AvgIpc) is 2.49. The molecule has 0 radical (unpaired) electrons. The summed E-state index contributed by atoms with van der Waals surface area (Å²) in [5, 5.41) is 3.73. The first-order valence-corrected chi connectivity index (χ1v) is 7.00. The second-order valence-corrected chi connectivity index (χ2v) is 6.82. The highest BCUT2D eigenvalue weighted by Gasteiger charge is 2.36. The number of hydrogen-bond acceptors (Lipinski definition) is 3. The molecular weight excluding hydrogens is 212 g/mol. The minimum Gasteiger partial charge on any atom is -0.374 e. The molecule has 2 fully saturated rings. The van der Waals surface area contributed by atoms with Crippen LogP contribution in [0.25, 0.3) is 0 Å². The molecule has 17 heavy (non-hydrogen) atoms. The zero-order valence-electron chi connectivity index (χ0n) is 11.8. The molecular formula is C14H28N2O. The van der Waals surface area contributed by atoms with Gasteiger partial charge in [0.25, 0.3) is 0 Å². The third kappa shape index (κ3) is 3.67. The second kappa shape index (κ2) is 5.25. The van der Waals surface area contributed by atoms with Gasteiger partial charge >= 0.3 is 0 Å². The van der Waals surface area contributed by atoms with Crippen LogP contribution in [0.3, 0.4) is 0 Å². The summed E-state index contributed by atoms with van der Waals surface area (Å²) >= 11 is 0. The number of rotatable bonds is 3. The van der Waals surface area contributed by atoms with Crippen molar-refractivity contribution in [2.75, 3.05) is 33.3 Å². The molecule has 2 rings (SSSR count). The summed E-state index contributed by atoms with van der Waals surface area (Å²) in [5.74, 6) is 0.798. The van der Waals surface area contributed by atoms with Crippen molar-refractivity contribution in [2.24, 2.45) is 11.3 Å². The zero-order chi connectivity index (χ0) is 12.5. The van der Waals surface area contributed by atoms with Crippen molar-refractivity contribution >= 4 is 0 Å². The highest BCUT2D eigenvalue weighted by atomic mass is 16.5. The van der Waals surface area contributed by atoms with Gasteiger partial charge in [0.05, 0.1) is 12.7 Å². The molecule has 0 aromatic heterocycles. The molecule has 3 nitrogen and oxygen atoms in total. The van der Waals surface area contributed by atoms with Crippen LogP contribution >= 0.6 is 0 Å². The molecule has 0 aromatic carbocycles. The Bertz CT molecular complexity index is 255. The van der Waals surface area contributed by atoms with Crippen LogP contribution in [0, 0.1) is 11.3 Å². The quantitative estimate of drug-likeness (QED) is 0.813. The Labute approximate surface area is 106 Å². The summed E-state index contributed by atoms with van der Waals surface area (Å²) in [6, 6.07) is 0.681. The maximum Gasteiger partial charge on any atom is 0.0826 e. The van der Waals surface area contributed by atoms with Crippen LogP contribution in [0.5, 0.6) is 0 Å². The van der Waals surface area contributed by atoms with Crippen molar-refractivity contribution < 1.29 is 4.74 Å². The van der Waals surface area contributed by atoms with Crippen LogP contribution in [-0.4, -0.2) is 50.3 Å². The van der Waals surface area contributed by atoms with Crippen molar-refractivity contribution in [1.82, 2.24) is 10.2 Å². The number of ether oxygens (including phenoxy) is 1. The molecule has 100 valence electrons. The van der Waals surface area contributed by atoms with Crippen LogP contribution < -0.4 is 5.32 Å². The normalized spacial score (nSPS) is 38.5. The summed E-state index contributed by atoms with van der Waals surface area (Å²) in [4.78, 5) is 2.36. The van der Waals surface area contributed by atoms with Gasteiger partial charge in [-0.25, -0.2) is 0 Å². The van der Waals surface area contributed by atoms with E-state index in [2.05, 4.69) is 38.0 Å². The van der Waals surface area contributed by atoms with E-state index >= 15 is 0 Å². The molecule has 1 aliphatic heterocycles. The van der Waals surface area contributed by atoms with Crippen LogP contribution in [0.15, 0.2) is 0 Å². The van der Waals surface area contributed by atoms with Crippen LogP contribution in [-0.2, 0) is 4.74 Å². The lowest BCUT2D eigenvalue weighted by Gasteiger charge is -2.31. The third-order valence-electron chi connectivity index (χ3n) is 4.28. The fraction of sp³-hybridized carbons (Fsp3) is 1.00. The van der Waals surface area contributed by atoms with Gasteiger partial charge in [-0.2, -0.15) is 0 Å². The Morgan fingerprint density at radius 2 is 2.12 bits per heavy atom.